The predicted molar refractivity (Wildman–Crippen MR) is 406 cm³/mol. The third-order valence-electron chi connectivity index (χ3n) is 19.2. The van der Waals surface area contributed by atoms with E-state index in [1.165, 1.54) is 90.7 Å². The number of hydrogen-bond donors (Lipinski definition) is 0. The predicted octanol–water partition coefficient (Wildman–Crippen LogP) is 18.2. The molecule has 0 saturated heterocycles. The van der Waals surface area contributed by atoms with Crippen LogP contribution in [0.25, 0.3) is 54.6 Å². The Morgan fingerprint density at radius 3 is 0.745 bits per heavy atom. The van der Waals surface area contributed by atoms with Crippen LogP contribution in [0.15, 0.2) is 400 Å². The van der Waals surface area contributed by atoms with Gasteiger partial charge in [0, 0.05) is 33.5 Å². The lowest BCUT2D eigenvalue weighted by Crippen LogP contribution is -2.74. The minimum absolute atomic E-state index is 1.07. The van der Waals surface area contributed by atoms with Gasteiger partial charge < -0.3 is 9.80 Å². The fourth-order valence-electron chi connectivity index (χ4n) is 14.9. The molecular formula is C90H66N2Si2. The lowest BCUT2D eigenvalue weighted by atomic mass is 9.94. The van der Waals surface area contributed by atoms with E-state index >= 15 is 0 Å². The van der Waals surface area contributed by atoms with E-state index < -0.39 is 16.1 Å². The molecule has 0 aliphatic rings. The quantitative estimate of drug-likeness (QED) is 0.0540. The van der Waals surface area contributed by atoms with Crippen LogP contribution in [0.1, 0.15) is 0 Å². The molecule has 0 radical (unpaired) electrons. The van der Waals surface area contributed by atoms with Crippen molar-refractivity contribution in [3.05, 3.63) is 400 Å². The molecule has 0 spiro atoms. The molecule has 16 aromatic carbocycles. The highest BCUT2D eigenvalue weighted by atomic mass is 28.3. The summed E-state index contributed by atoms with van der Waals surface area (Å²) in [5, 5.41) is 17.8. The highest BCUT2D eigenvalue weighted by molar-refractivity contribution is 7.20. The second-order valence-corrected chi connectivity index (χ2v) is 31.9. The fourth-order valence-corrected chi connectivity index (χ4v) is 24.4. The van der Waals surface area contributed by atoms with Crippen LogP contribution in [0, 0.1) is 0 Å². The molecule has 0 N–H and O–H groups in total. The summed E-state index contributed by atoms with van der Waals surface area (Å²) in [5.41, 5.74) is 11.2. The Morgan fingerprint density at radius 1 is 0.149 bits per heavy atom. The van der Waals surface area contributed by atoms with Gasteiger partial charge in [-0.25, -0.2) is 0 Å². The van der Waals surface area contributed by atoms with Crippen LogP contribution in [-0.4, -0.2) is 16.1 Å². The number of nitrogens with zero attached hydrogens (tertiary/aromatic N) is 2. The molecule has 0 aliphatic carbocycles. The van der Waals surface area contributed by atoms with Gasteiger partial charge >= 0.3 is 0 Å². The molecule has 94 heavy (non-hydrogen) atoms. The average Bonchev–Trinajstić information content (AvgIpc) is 0.744. The molecule has 0 heterocycles. The molecule has 4 heteroatoms. The second-order valence-electron chi connectivity index (χ2n) is 24.3. The first-order valence-electron chi connectivity index (χ1n) is 32.5. The third kappa shape index (κ3) is 10.2. The van der Waals surface area contributed by atoms with Crippen molar-refractivity contribution in [2.75, 3.05) is 9.80 Å². The van der Waals surface area contributed by atoms with Gasteiger partial charge in [-0.1, -0.05) is 340 Å². The first-order valence-corrected chi connectivity index (χ1v) is 36.5. The van der Waals surface area contributed by atoms with Crippen LogP contribution in [0.3, 0.4) is 0 Å². The smallest absolute Gasteiger partial charge is 0.179 e. The summed E-state index contributed by atoms with van der Waals surface area (Å²) in [5.74, 6) is 0. The molecule has 0 amide bonds. The number of anilines is 6. The summed E-state index contributed by atoms with van der Waals surface area (Å²) < 4.78 is 0. The monoisotopic (exact) mass is 1230 g/mol. The van der Waals surface area contributed by atoms with Crippen molar-refractivity contribution in [2.24, 2.45) is 0 Å². The highest BCUT2D eigenvalue weighted by Crippen LogP contribution is 2.47. The maximum absolute atomic E-state index is 2.83. The van der Waals surface area contributed by atoms with Gasteiger partial charge in [-0.2, -0.15) is 0 Å². The van der Waals surface area contributed by atoms with Gasteiger partial charge in [0.25, 0.3) is 0 Å². The fraction of sp³-hybridized carbons (Fsp3) is 0. The van der Waals surface area contributed by atoms with Crippen molar-refractivity contribution in [2.45, 2.75) is 0 Å². The molecule has 0 fully saturated rings. The Hall–Kier alpha value is -11.7. The molecule has 2 nitrogen and oxygen atoms in total. The Labute approximate surface area is 552 Å². The van der Waals surface area contributed by atoms with E-state index in [2.05, 4.69) is 410 Å². The zero-order valence-corrected chi connectivity index (χ0v) is 54.0. The molecule has 0 unspecified atom stereocenters. The first kappa shape index (κ1) is 57.5. The Morgan fingerprint density at radius 2 is 0.383 bits per heavy atom. The molecular weight excluding hydrogens is 1170 g/mol. The number of benzene rings is 16. The maximum atomic E-state index is 2.49. The van der Waals surface area contributed by atoms with Crippen molar-refractivity contribution in [3.8, 4) is 22.3 Å². The number of hydrogen-bond acceptors (Lipinski definition) is 2. The van der Waals surface area contributed by atoms with E-state index in [1.807, 2.05) is 0 Å². The van der Waals surface area contributed by atoms with Crippen molar-refractivity contribution in [1.82, 2.24) is 0 Å². The molecule has 0 saturated carbocycles. The van der Waals surface area contributed by atoms with E-state index in [0.29, 0.717) is 0 Å². The zero-order chi connectivity index (χ0) is 62.7. The van der Waals surface area contributed by atoms with Crippen LogP contribution in [0.4, 0.5) is 34.1 Å². The minimum Gasteiger partial charge on any atom is -0.310 e. The summed E-state index contributed by atoms with van der Waals surface area (Å²) in [6.45, 7) is 0. The largest absolute Gasteiger partial charge is 0.310 e. The van der Waals surface area contributed by atoms with Crippen LogP contribution in [0.5, 0.6) is 0 Å². The van der Waals surface area contributed by atoms with Crippen molar-refractivity contribution in [1.29, 1.82) is 0 Å². The average molecular weight is 1230 g/mol. The Kier molecular flexibility index (Phi) is 15.4. The molecule has 444 valence electrons. The molecule has 0 aromatic heterocycles. The minimum atomic E-state index is -2.83. The number of rotatable bonds is 16. The van der Waals surface area contributed by atoms with Gasteiger partial charge in [0.15, 0.2) is 16.1 Å². The number of fused-ring (bicyclic) bond motifs is 5. The SMILES string of the molecule is c1ccc(-c2ccc(N(c3ccc([Si](c4ccccc4)(c4ccccc4)c4ccccc4)cc3)c3cc4c5cccc(N(c6ccc(-c7ccccc7)cc6)c6ccc([Si](c7ccccc7)(c7ccccc7)c7ccccc7)cc6)c5ccc4c4ccccc34)cc2)cc1. The zero-order valence-electron chi connectivity index (χ0n) is 52.0. The third-order valence-corrected chi connectivity index (χ3v) is 28.8. The normalized spacial score (nSPS) is 11.6. The van der Waals surface area contributed by atoms with Crippen molar-refractivity contribution in [3.63, 3.8) is 0 Å². The Bertz CT molecular complexity index is 5040. The lowest BCUT2D eigenvalue weighted by Gasteiger charge is -2.35. The van der Waals surface area contributed by atoms with Gasteiger partial charge in [-0.3, -0.25) is 0 Å². The van der Waals surface area contributed by atoms with Gasteiger partial charge in [-0.15, -0.1) is 0 Å². The summed E-state index contributed by atoms with van der Waals surface area (Å²) in [7, 11) is -5.64. The van der Waals surface area contributed by atoms with Gasteiger partial charge in [0.1, 0.15) is 0 Å². The summed E-state index contributed by atoms with van der Waals surface area (Å²) in [6, 6.07) is 149. The molecule has 0 bridgehead atoms. The van der Waals surface area contributed by atoms with E-state index in [9.17, 15) is 0 Å². The van der Waals surface area contributed by atoms with Crippen LogP contribution < -0.4 is 51.3 Å². The van der Waals surface area contributed by atoms with Crippen LogP contribution in [0.2, 0.25) is 0 Å². The topological polar surface area (TPSA) is 6.48 Å². The molecule has 0 aliphatic heterocycles. The highest BCUT2D eigenvalue weighted by Gasteiger charge is 2.43. The first-order chi connectivity index (χ1) is 46.6. The van der Waals surface area contributed by atoms with Crippen LogP contribution in [-0.2, 0) is 0 Å². The standard InChI is InChI=1S/C90H66N2Si2/c1-9-28-67(29-10-1)69-48-52-71(53-49-69)91(73-56-60-81(61-57-73)93(75-32-13-3-14-33-75,76-34-15-4-16-35-76)77-36-17-5-18-37-77)89-47-27-46-84-87(89)65-64-85-83-44-25-26-45-86(83)90(66-88(84)85)92(72-54-50-70(51-55-72)68-30-11-2-12-31-68)74-58-62-82(63-59-74)94(78-38-19-6-20-39-78,79-40-21-7-22-41-79)80-42-23-8-24-43-80/h1-66H. The van der Waals surface area contributed by atoms with E-state index in [1.54, 1.807) is 0 Å². The Balaban J connectivity index is 0.893. The van der Waals surface area contributed by atoms with E-state index in [0.717, 1.165) is 39.5 Å². The van der Waals surface area contributed by atoms with E-state index in [-0.39, 0.29) is 0 Å². The summed E-state index contributed by atoms with van der Waals surface area (Å²) in [4.78, 5) is 4.96. The maximum Gasteiger partial charge on any atom is 0.179 e. The van der Waals surface area contributed by atoms with Crippen molar-refractivity contribution < 1.29 is 0 Å². The lowest BCUT2D eigenvalue weighted by molar-refractivity contribution is 1.30. The van der Waals surface area contributed by atoms with E-state index in [4.69, 9.17) is 0 Å². The van der Waals surface area contributed by atoms with Gasteiger partial charge in [-0.05, 0) is 146 Å². The molecule has 0 atom stereocenters. The van der Waals surface area contributed by atoms with Crippen molar-refractivity contribution >= 4 is 124 Å². The second kappa shape index (κ2) is 25.2. The summed E-state index contributed by atoms with van der Waals surface area (Å²) >= 11 is 0. The molecule has 16 rings (SSSR count). The van der Waals surface area contributed by atoms with Gasteiger partial charge in [0.05, 0.1) is 11.4 Å². The molecule has 16 aromatic rings. The van der Waals surface area contributed by atoms with Gasteiger partial charge in [0.2, 0.25) is 0 Å². The van der Waals surface area contributed by atoms with Crippen LogP contribution >= 0.6 is 0 Å². The summed E-state index contributed by atoms with van der Waals surface area (Å²) in [6.07, 6.45) is 0.